The number of rotatable bonds is 3. The van der Waals surface area contributed by atoms with Gasteiger partial charge in [-0.3, -0.25) is 4.98 Å². The van der Waals surface area contributed by atoms with Gasteiger partial charge in [0.1, 0.15) is 5.75 Å². The van der Waals surface area contributed by atoms with E-state index in [0.29, 0.717) is 6.04 Å². The van der Waals surface area contributed by atoms with Gasteiger partial charge in [-0.2, -0.15) is 0 Å². The van der Waals surface area contributed by atoms with Gasteiger partial charge in [0.2, 0.25) is 0 Å². The molecular formula is C15H22N2O. The number of pyridine rings is 1. The summed E-state index contributed by atoms with van der Waals surface area (Å²) >= 11 is 0. The van der Waals surface area contributed by atoms with E-state index in [-0.39, 0.29) is 0 Å². The maximum absolute atomic E-state index is 5.91. The van der Waals surface area contributed by atoms with Crippen molar-refractivity contribution in [3.05, 3.63) is 34.7 Å². The Hall–Kier alpha value is -1.35. The van der Waals surface area contributed by atoms with Crippen LogP contribution in [0.15, 0.2) is 17.8 Å². The van der Waals surface area contributed by atoms with Crippen molar-refractivity contribution >= 4 is 0 Å². The van der Waals surface area contributed by atoms with Crippen LogP contribution >= 0.6 is 0 Å². The maximum atomic E-state index is 5.91. The first-order chi connectivity index (χ1) is 8.61. The summed E-state index contributed by atoms with van der Waals surface area (Å²) < 4.78 is 5.44. The zero-order valence-electron chi connectivity index (χ0n) is 11.5. The van der Waals surface area contributed by atoms with Crippen LogP contribution in [-0.4, -0.2) is 18.1 Å². The molecular weight excluding hydrogens is 224 g/mol. The van der Waals surface area contributed by atoms with Gasteiger partial charge in [0.05, 0.1) is 12.8 Å². The summed E-state index contributed by atoms with van der Waals surface area (Å²) in [6.07, 6.45) is 8.29. The molecule has 0 aliphatic heterocycles. The van der Waals surface area contributed by atoms with Crippen LogP contribution in [0.4, 0.5) is 0 Å². The van der Waals surface area contributed by atoms with E-state index in [1.165, 1.54) is 5.57 Å². The molecule has 0 spiro atoms. The highest BCUT2D eigenvalue weighted by Gasteiger charge is 2.14. The third kappa shape index (κ3) is 2.72. The third-order valence-corrected chi connectivity index (χ3v) is 3.69. The molecule has 0 aromatic carbocycles. The summed E-state index contributed by atoms with van der Waals surface area (Å²) in [6.45, 7) is 4.12. The van der Waals surface area contributed by atoms with Crippen LogP contribution in [-0.2, 0) is 6.42 Å². The van der Waals surface area contributed by atoms with Crippen LogP contribution in [0.2, 0.25) is 0 Å². The number of nitrogens with zero attached hydrogens (tertiary/aromatic N) is 1. The van der Waals surface area contributed by atoms with Gasteiger partial charge < -0.3 is 10.5 Å². The van der Waals surface area contributed by atoms with Gasteiger partial charge in [-0.1, -0.05) is 11.6 Å². The average Bonchev–Trinajstić information content (AvgIpc) is 2.36. The number of methoxy groups -OCH3 is 1. The summed E-state index contributed by atoms with van der Waals surface area (Å²) in [5.41, 5.74) is 10.7. The van der Waals surface area contributed by atoms with Crippen molar-refractivity contribution in [3.8, 4) is 5.75 Å². The second-order valence-electron chi connectivity index (χ2n) is 5.12. The molecule has 0 fully saturated rings. The Balaban J connectivity index is 2.20. The van der Waals surface area contributed by atoms with Gasteiger partial charge >= 0.3 is 0 Å². The van der Waals surface area contributed by atoms with Crippen LogP contribution in [0.1, 0.15) is 36.1 Å². The van der Waals surface area contributed by atoms with Crippen molar-refractivity contribution in [2.45, 2.75) is 45.6 Å². The van der Waals surface area contributed by atoms with Crippen molar-refractivity contribution in [3.63, 3.8) is 0 Å². The predicted octanol–water partition coefficient (Wildman–Crippen LogP) is 2.69. The van der Waals surface area contributed by atoms with Crippen LogP contribution < -0.4 is 10.5 Å². The molecule has 1 unspecified atom stereocenters. The molecule has 1 heterocycles. The van der Waals surface area contributed by atoms with Crippen molar-refractivity contribution in [2.75, 3.05) is 7.11 Å². The fraction of sp³-hybridized carbons (Fsp3) is 0.533. The fourth-order valence-corrected chi connectivity index (χ4v) is 2.53. The molecule has 0 saturated heterocycles. The number of hydrogen-bond donors (Lipinski definition) is 1. The number of aromatic nitrogens is 1. The highest BCUT2D eigenvalue weighted by Crippen LogP contribution is 2.27. The first-order valence-corrected chi connectivity index (χ1v) is 6.54. The quantitative estimate of drug-likeness (QED) is 0.834. The lowest BCUT2D eigenvalue weighted by Gasteiger charge is -2.19. The van der Waals surface area contributed by atoms with Crippen LogP contribution in [0.3, 0.4) is 0 Å². The number of aryl methyl sites for hydroxylation is 1. The van der Waals surface area contributed by atoms with E-state index in [0.717, 1.165) is 48.3 Å². The molecule has 0 bridgehead atoms. The Kier molecular flexibility index (Phi) is 4.02. The van der Waals surface area contributed by atoms with E-state index >= 15 is 0 Å². The van der Waals surface area contributed by atoms with Gasteiger partial charge in [0.25, 0.3) is 0 Å². The SMILES string of the molecule is COc1c(C)cnc(CC2=CCC(N)CC2)c1C. The number of hydrogen-bond acceptors (Lipinski definition) is 3. The molecule has 2 rings (SSSR count). The summed E-state index contributed by atoms with van der Waals surface area (Å²) in [7, 11) is 1.72. The fourth-order valence-electron chi connectivity index (χ4n) is 2.53. The van der Waals surface area contributed by atoms with E-state index in [9.17, 15) is 0 Å². The lowest BCUT2D eigenvalue weighted by molar-refractivity contribution is 0.407. The van der Waals surface area contributed by atoms with Crippen molar-refractivity contribution in [1.82, 2.24) is 4.98 Å². The third-order valence-electron chi connectivity index (χ3n) is 3.69. The van der Waals surface area contributed by atoms with E-state index in [1.807, 2.05) is 13.1 Å². The molecule has 1 atom stereocenters. The minimum Gasteiger partial charge on any atom is -0.496 e. The molecule has 0 amide bonds. The lowest BCUT2D eigenvalue weighted by atomic mass is 9.92. The molecule has 98 valence electrons. The van der Waals surface area contributed by atoms with Crippen LogP contribution in [0.5, 0.6) is 5.75 Å². The first-order valence-electron chi connectivity index (χ1n) is 6.54. The minimum absolute atomic E-state index is 0.343. The number of allylic oxidation sites excluding steroid dienone is 1. The molecule has 3 heteroatoms. The standard InChI is InChI=1S/C15H22N2O/c1-10-9-17-14(11(2)15(10)18-3)8-12-4-6-13(16)7-5-12/h4,9,13H,5-8,16H2,1-3H3. The summed E-state index contributed by atoms with van der Waals surface area (Å²) in [5.74, 6) is 0.966. The Bertz CT molecular complexity index is 466. The minimum atomic E-state index is 0.343. The van der Waals surface area contributed by atoms with Gasteiger partial charge in [0.15, 0.2) is 0 Å². The van der Waals surface area contributed by atoms with Gasteiger partial charge in [-0.15, -0.1) is 0 Å². The molecule has 1 aliphatic rings. The first kappa shape index (κ1) is 13.1. The van der Waals surface area contributed by atoms with Crippen LogP contribution in [0, 0.1) is 13.8 Å². The van der Waals surface area contributed by atoms with E-state index < -0.39 is 0 Å². The molecule has 3 nitrogen and oxygen atoms in total. The van der Waals surface area contributed by atoms with Crippen LogP contribution in [0.25, 0.3) is 0 Å². The zero-order valence-corrected chi connectivity index (χ0v) is 11.5. The molecule has 1 aromatic rings. The van der Waals surface area contributed by atoms with E-state index in [2.05, 4.69) is 18.0 Å². The van der Waals surface area contributed by atoms with E-state index in [1.54, 1.807) is 7.11 Å². The lowest BCUT2D eigenvalue weighted by Crippen LogP contribution is -2.22. The molecule has 0 saturated carbocycles. The maximum Gasteiger partial charge on any atom is 0.128 e. The van der Waals surface area contributed by atoms with Gasteiger partial charge in [-0.05, 0) is 33.1 Å². The highest BCUT2D eigenvalue weighted by molar-refractivity contribution is 5.42. The predicted molar refractivity (Wildman–Crippen MR) is 73.9 cm³/mol. The van der Waals surface area contributed by atoms with Gasteiger partial charge in [-0.25, -0.2) is 0 Å². The highest BCUT2D eigenvalue weighted by atomic mass is 16.5. The Morgan fingerprint density at radius 1 is 1.44 bits per heavy atom. The monoisotopic (exact) mass is 246 g/mol. The van der Waals surface area contributed by atoms with Crippen molar-refractivity contribution in [1.29, 1.82) is 0 Å². The largest absolute Gasteiger partial charge is 0.496 e. The molecule has 2 N–H and O–H groups in total. The summed E-state index contributed by atoms with van der Waals surface area (Å²) in [4.78, 5) is 4.55. The van der Waals surface area contributed by atoms with Crippen molar-refractivity contribution in [2.24, 2.45) is 5.73 Å². The molecule has 1 aliphatic carbocycles. The van der Waals surface area contributed by atoms with Crippen molar-refractivity contribution < 1.29 is 4.74 Å². The number of ether oxygens (including phenoxy) is 1. The Morgan fingerprint density at radius 2 is 2.22 bits per heavy atom. The molecule has 0 radical (unpaired) electrons. The summed E-state index contributed by atoms with van der Waals surface area (Å²) in [6, 6.07) is 0.343. The second-order valence-corrected chi connectivity index (χ2v) is 5.12. The normalized spacial score (nSPS) is 19.6. The Labute approximate surface area is 109 Å². The summed E-state index contributed by atoms with van der Waals surface area (Å²) in [5, 5.41) is 0. The smallest absolute Gasteiger partial charge is 0.128 e. The molecule has 1 aromatic heterocycles. The van der Waals surface area contributed by atoms with Gasteiger partial charge in [0, 0.05) is 29.8 Å². The zero-order chi connectivity index (χ0) is 13.1. The average molecular weight is 246 g/mol. The topological polar surface area (TPSA) is 48.1 Å². The Morgan fingerprint density at radius 3 is 2.83 bits per heavy atom. The number of nitrogens with two attached hydrogens (primary N) is 1. The molecule has 18 heavy (non-hydrogen) atoms. The van der Waals surface area contributed by atoms with E-state index in [4.69, 9.17) is 10.5 Å². The second kappa shape index (κ2) is 5.53.